The van der Waals surface area contributed by atoms with Crippen LogP contribution in [0.1, 0.15) is 32.4 Å². The van der Waals surface area contributed by atoms with Gasteiger partial charge in [0.05, 0.1) is 5.52 Å². The minimum absolute atomic E-state index is 0.557. The van der Waals surface area contributed by atoms with Gasteiger partial charge < -0.3 is 5.32 Å². The van der Waals surface area contributed by atoms with E-state index in [9.17, 15) is 0 Å². The third-order valence-electron chi connectivity index (χ3n) is 4.55. The predicted octanol–water partition coefficient (Wildman–Crippen LogP) is 3.80. The largest absolute Gasteiger partial charge is 0.314 e. The van der Waals surface area contributed by atoms with Crippen molar-refractivity contribution < 1.29 is 0 Å². The molecule has 1 saturated carbocycles. The van der Waals surface area contributed by atoms with Crippen LogP contribution in [0.3, 0.4) is 0 Å². The molecule has 0 saturated heterocycles. The van der Waals surface area contributed by atoms with E-state index in [0.29, 0.717) is 6.04 Å². The number of pyridine rings is 1. The predicted molar refractivity (Wildman–Crippen MR) is 84.8 cm³/mol. The lowest BCUT2D eigenvalue weighted by Gasteiger charge is -2.24. The van der Waals surface area contributed by atoms with Crippen molar-refractivity contribution in [1.29, 1.82) is 0 Å². The highest BCUT2D eigenvalue weighted by Crippen LogP contribution is 2.38. The smallest absolute Gasteiger partial charge is 0.0705 e. The normalized spacial score (nSPS) is 18.1. The monoisotopic (exact) mass is 268 g/mol. The fourth-order valence-corrected chi connectivity index (χ4v) is 3.10. The van der Waals surface area contributed by atoms with Crippen molar-refractivity contribution in [3.8, 4) is 0 Å². The molecule has 0 bridgehead atoms. The van der Waals surface area contributed by atoms with Crippen LogP contribution in [0, 0.1) is 11.8 Å². The summed E-state index contributed by atoms with van der Waals surface area (Å²) in [6.45, 7) is 5.63. The Labute approximate surface area is 121 Å². The van der Waals surface area contributed by atoms with Crippen molar-refractivity contribution >= 4 is 10.9 Å². The molecule has 1 aromatic heterocycles. The number of nitrogens with zero attached hydrogens (tertiary/aromatic N) is 1. The molecule has 2 aromatic rings. The third kappa shape index (κ3) is 3.01. The summed E-state index contributed by atoms with van der Waals surface area (Å²) in [6, 6.07) is 13.3. The molecule has 106 valence electrons. The van der Waals surface area contributed by atoms with E-state index >= 15 is 0 Å². The Morgan fingerprint density at radius 3 is 2.75 bits per heavy atom. The summed E-state index contributed by atoms with van der Waals surface area (Å²) in [5.41, 5.74) is 2.32. The molecular weight excluding hydrogens is 244 g/mol. The number of likely N-dealkylation sites (N-methyl/N-ethyl adjacent to an activating group) is 1. The van der Waals surface area contributed by atoms with Gasteiger partial charge in [0.15, 0.2) is 0 Å². The molecule has 2 atom stereocenters. The molecule has 1 aromatic carbocycles. The minimum atomic E-state index is 0.557. The van der Waals surface area contributed by atoms with E-state index in [1.165, 1.54) is 23.9 Å². The van der Waals surface area contributed by atoms with Crippen molar-refractivity contribution in [2.45, 2.75) is 39.2 Å². The molecule has 1 heterocycles. The maximum Gasteiger partial charge on any atom is 0.0705 e. The first-order valence-corrected chi connectivity index (χ1v) is 7.86. The fourth-order valence-electron chi connectivity index (χ4n) is 3.10. The third-order valence-corrected chi connectivity index (χ3v) is 4.55. The van der Waals surface area contributed by atoms with Crippen molar-refractivity contribution in [3.63, 3.8) is 0 Å². The van der Waals surface area contributed by atoms with Gasteiger partial charge in [-0.05, 0) is 43.4 Å². The number of benzene rings is 1. The average Bonchev–Trinajstić information content (AvgIpc) is 3.30. The zero-order chi connectivity index (χ0) is 13.9. The summed E-state index contributed by atoms with van der Waals surface area (Å²) >= 11 is 0. The summed E-state index contributed by atoms with van der Waals surface area (Å²) < 4.78 is 0. The molecule has 3 rings (SSSR count). The molecule has 2 nitrogen and oxygen atoms in total. The Kier molecular flexibility index (Phi) is 4.02. The number of fused-ring (bicyclic) bond motifs is 1. The summed E-state index contributed by atoms with van der Waals surface area (Å²) in [5.74, 6) is 1.68. The lowest BCUT2D eigenvalue weighted by molar-refractivity contribution is 0.343. The maximum absolute atomic E-state index is 4.82. The standard InChI is InChI=1S/C18H24N2/c1-3-19-18(13(2)14-8-9-14)12-16-11-10-15-6-4-5-7-17(15)20-16/h4-7,10-11,13-14,18-19H,3,8-9,12H2,1-2H3. The Hall–Kier alpha value is -1.41. The van der Waals surface area contributed by atoms with Crippen LogP contribution < -0.4 is 5.32 Å². The van der Waals surface area contributed by atoms with Gasteiger partial charge >= 0.3 is 0 Å². The number of para-hydroxylation sites is 1. The lowest BCUT2D eigenvalue weighted by atomic mass is 9.92. The van der Waals surface area contributed by atoms with Crippen LogP contribution in [0.25, 0.3) is 10.9 Å². The van der Waals surface area contributed by atoms with Gasteiger partial charge in [-0.15, -0.1) is 0 Å². The Morgan fingerprint density at radius 1 is 1.20 bits per heavy atom. The van der Waals surface area contributed by atoms with Gasteiger partial charge in [0.25, 0.3) is 0 Å². The van der Waals surface area contributed by atoms with E-state index in [1.807, 2.05) is 0 Å². The van der Waals surface area contributed by atoms with Gasteiger partial charge in [0.2, 0.25) is 0 Å². The van der Waals surface area contributed by atoms with Crippen LogP contribution in [-0.4, -0.2) is 17.6 Å². The first-order chi connectivity index (χ1) is 9.78. The topological polar surface area (TPSA) is 24.9 Å². The second-order valence-electron chi connectivity index (χ2n) is 6.06. The SMILES string of the molecule is CCNC(Cc1ccc2ccccc2n1)C(C)C1CC1. The Balaban J connectivity index is 1.78. The lowest BCUT2D eigenvalue weighted by Crippen LogP contribution is -2.38. The molecule has 1 fully saturated rings. The highest BCUT2D eigenvalue weighted by molar-refractivity contribution is 5.78. The molecular formula is C18H24N2. The van der Waals surface area contributed by atoms with Crippen molar-refractivity contribution in [2.75, 3.05) is 6.54 Å². The Bertz CT molecular complexity index is 574. The zero-order valence-electron chi connectivity index (χ0n) is 12.5. The first-order valence-electron chi connectivity index (χ1n) is 7.86. The number of rotatable bonds is 6. The number of nitrogens with one attached hydrogen (secondary N) is 1. The van der Waals surface area contributed by atoms with Gasteiger partial charge in [0, 0.05) is 23.5 Å². The van der Waals surface area contributed by atoms with Gasteiger partial charge in [-0.3, -0.25) is 4.98 Å². The molecule has 20 heavy (non-hydrogen) atoms. The second kappa shape index (κ2) is 5.92. The minimum Gasteiger partial charge on any atom is -0.314 e. The summed E-state index contributed by atoms with van der Waals surface area (Å²) in [7, 11) is 0. The first kappa shape index (κ1) is 13.6. The van der Waals surface area contributed by atoms with E-state index in [4.69, 9.17) is 4.98 Å². The van der Waals surface area contributed by atoms with Crippen LogP contribution >= 0.6 is 0 Å². The molecule has 0 spiro atoms. The fraction of sp³-hybridized carbons (Fsp3) is 0.500. The van der Waals surface area contributed by atoms with Crippen LogP contribution in [0.2, 0.25) is 0 Å². The van der Waals surface area contributed by atoms with Crippen molar-refractivity contribution in [2.24, 2.45) is 11.8 Å². The number of hydrogen-bond donors (Lipinski definition) is 1. The number of hydrogen-bond acceptors (Lipinski definition) is 2. The van der Waals surface area contributed by atoms with Gasteiger partial charge in [-0.25, -0.2) is 0 Å². The van der Waals surface area contributed by atoms with Crippen LogP contribution in [0.4, 0.5) is 0 Å². The van der Waals surface area contributed by atoms with Crippen LogP contribution in [0.5, 0.6) is 0 Å². The second-order valence-corrected chi connectivity index (χ2v) is 6.06. The summed E-state index contributed by atoms with van der Waals surface area (Å²) in [5, 5.41) is 4.89. The Morgan fingerprint density at radius 2 is 2.00 bits per heavy atom. The summed E-state index contributed by atoms with van der Waals surface area (Å²) in [6.07, 6.45) is 3.86. The average molecular weight is 268 g/mol. The van der Waals surface area contributed by atoms with Gasteiger partial charge in [0.1, 0.15) is 0 Å². The van der Waals surface area contributed by atoms with E-state index in [0.717, 1.165) is 30.3 Å². The van der Waals surface area contributed by atoms with Crippen LogP contribution in [0.15, 0.2) is 36.4 Å². The molecule has 2 unspecified atom stereocenters. The van der Waals surface area contributed by atoms with Gasteiger partial charge in [-0.2, -0.15) is 0 Å². The van der Waals surface area contributed by atoms with Crippen molar-refractivity contribution in [3.05, 3.63) is 42.1 Å². The van der Waals surface area contributed by atoms with Crippen LogP contribution in [-0.2, 0) is 6.42 Å². The zero-order valence-corrected chi connectivity index (χ0v) is 12.5. The highest BCUT2D eigenvalue weighted by Gasteiger charge is 2.33. The van der Waals surface area contributed by atoms with Crippen molar-refractivity contribution in [1.82, 2.24) is 10.3 Å². The molecule has 1 aliphatic carbocycles. The molecule has 2 heteroatoms. The quantitative estimate of drug-likeness (QED) is 0.862. The molecule has 1 aliphatic rings. The molecule has 0 amide bonds. The molecule has 0 aliphatic heterocycles. The summed E-state index contributed by atoms with van der Waals surface area (Å²) in [4.78, 5) is 4.82. The van der Waals surface area contributed by atoms with Gasteiger partial charge in [-0.1, -0.05) is 38.1 Å². The molecule has 0 radical (unpaired) electrons. The van der Waals surface area contributed by atoms with E-state index in [-0.39, 0.29) is 0 Å². The highest BCUT2D eigenvalue weighted by atomic mass is 14.9. The number of aromatic nitrogens is 1. The van der Waals surface area contributed by atoms with E-state index in [2.05, 4.69) is 55.6 Å². The van der Waals surface area contributed by atoms with E-state index in [1.54, 1.807) is 0 Å². The molecule has 1 N–H and O–H groups in total. The van der Waals surface area contributed by atoms with E-state index < -0.39 is 0 Å². The maximum atomic E-state index is 4.82.